The molecule has 0 amide bonds. The predicted octanol–water partition coefficient (Wildman–Crippen LogP) is 2.38. The monoisotopic (exact) mass is 321 g/mol. The van der Waals surface area contributed by atoms with Gasteiger partial charge < -0.3 is 4.74 Å². The maximum absolute atomic E-state index is 11.4. The number of nitro benzene ring substituents is 1. The Bertz CT molecular complexity index is 405. The van der Waals surface area contributed by atoms with E-state index in [1.165, 1.54) is 12.1 Å². The third-order valence-corrected chi connectivity index (χ3v) is 2.32. The van der Waals surface area contributed by atoms with Gasteiger partial charge in [0.2, 0.25) is 0 Å². The van der Waals surface area contributed by atoms with E-state index in [-0.39, 0.29) is 17.9 Å². The quantitative estimate of drug-likeness (QED) is 0.371. The van der Waals surface area contributed by atoms with Crippen LogP contribution in [0.4, 0.5) is 5.69 Å². The number of halogens is 1. The average molecular weight is 321 g/mol. The Hall–Kier alpha value is -1.18. The van der Waals surface area contributed by atoms with Crippen LogP contribution < -0.4 is 0 Å². The van der Waals surface area contributed by atoms with E-state index in [0.29, 0.717) is 0 Å². The summed E-state index contributed by atoms with van der Waals surface area (Å²) in [6, 6.07) is 4.31. The SMILES string of the molecule is CCOC(=O)c1cc(I)ccc1[N+](=O)[O-]. The van der Waals surface area contributed by atoms with E-state index in [2.05, 4.69) is 0 Å². The van der Waals surface area contributed by atoms with Crippen molar-refractivity contribution < 1.29 is 14.5 Å². The highest BCUT2D eigenvalue weighted by atomic mass is 127. The van der Waals surface area contributed by atoms with Gasteiger partial charge in [0.1, 0.15) is 5.56 Å². The summed E-state index contributed by atoms with van der Waals surface area (Å²) in [5.41, 5.74) is -0.234. The minimum Gasteiger partial charge on any atom is -0.462 e. The van der Waals surface area contributed by atoms with Gasteiger partial charge in [-0.1, -0.05) is 0 Å². The Morgan fingerprint density at radius 3 is 2.80 bits per heavy atom. The van der Waals surface area contributed by atoms with Gasteiger partial charge >= 0.3 is 5.97 Å². The lowest BCUT2D eigenvalue weighted by atomic mass is 10.2. The van der Waals surface area contributed by atoms with Crippen molar-refractivity contribution in [2.45, 2.75) is 6.92 Å². The molecule has 0 aliphatic rings. The first kappa shape index (κ1) is 11.9. The second-order valence-corrected chi connectivity index (χ2v) is 3.88. The Morgan fingerprint density at radius 1 is 1.60 bits per heavy atom. The van der Waals surface area contributed by atoms with E-state index in [4.69, 9.17) is 4.74 Å². The summed E-state index contributed by atoms with van der Waals surface area (Å²) in [5, 5.41) is 10.6. The number of rotatable bonds is 3. The molecule has 0 saturated carbocycles. The van der Waals surface area contributed by atoms with Crippen LogP contribution in [0.2, 0.25) is 0 Å². The molecule has 0 heterocycles. The second kappa shape index (κ2) is 5.06. The van der Waals surface area contributed by atoms with Crippen LogP contribution in [0, 0.1) is 13.7 Å². The summed E-state index contributed by atoms with van der Waals surface area (Å²) in [7, 11) is 0. The van der Waals surface area contributed by atoms with Gasteiger partial charge in [-0.15, -0.1) is 0 Å². The third kappa shape index (κ3) is 2.88. The van der Waals surface area contributed by atoms with Gasteiger partial charge in [0, 0.05) is 9.64 Å². The molecule has 0 atom stereocenters. The Kier molecular flexibility index (Phi) is 4.01. The van der Waals surface area contributed by atoms with Crippen molar-refractivity contribution in [1.29, 1.82) is 0 Å². The molecule has 0 bridgehead atoms. The number of hydrogen-bond donors (Lipinski definition) is 0. The summed E-state index contributed by atoms with van der Waals surface area (Å²) in [4.78, 5) is 21.4. The van der Waals surface area contributed by atoms with E-state index in [9.17, 15) is 14.9 Å². The zero-order valence-corrected chi connectivity index (χ0v) is 10.1. The summed E-state index contributed by atoms with van der Waals surface area (Å²) in [5.74, 6) is -0.664. The normalized spacial score (nSPS) is 9.73. The van der Waals surface area contributed by atoms with E-state index in [0.717, 1.165) is 3.57 Å². The van der Waals surface area contributed by atoms with Crippen LogP contribution in [-0.4, -0.2) is 17.5 Å². The number of nitro groups is 1. The van der Waals surface area contributed by atoms with Gasteiger partial charge in [0.15, 0.2) is 0 Å². The molecule has 15 heavy (non-hydrogen) atoms. The summed E-state index contributed by atoms with van der Waals surface area (Å²) < 4.78 is 5.48. The van der Waals surface area contributed by atoms with Crippen LogP contribution in [0.3, 0.4) is 0 Å². The molecule has 1 aromatic carbocycles. The number of carbonyl (C=O) groups is 1. The maximum Gasteiger partial charge on any atom is 0.345 e. The molecule has 0 N–H and O–H groups in total. The van der Waals surface area contributed by atoms with Gasteiger partial charge in [-0.2, -0.15) is 0 Å². The van der Waals surface area contributed by atoms with Crippen molar-refractivity contribution in [2.75, 3.05) is 6.61 Å². The minimum atomic E-state index is -0.664. The molecule has 5 nitrogen and oxygen atoms in total. The van der Waals surface area contributed by atoms with Crippen LogP contribution in [0.25, 0.3) is 0 Å². The van der Waals surface area contributed by atoms with Crippen molar-refractivity contribution in [3.05, 3.63) is 37.4 Å². The predicted molar refractivity (Wildman–Crippen MR) is 61.8 cm³/mol. The van der Waals surface area contributed by atoms with Crippen LogP contribution in [0.5, 0.6) is 0 Å². The fourth-order valence-corrected chi connectivity index (χ4v) is 1.53. The molecule has 0 fully saturated rings. The van der Waals surface area contributed by atoms with Crippen LogP contribution >= 0.6 is 22.6 Å². The van der Waals surface area contributed by atoms with E-state index >= 15 is 0 Å². The first-order valence-electron chi connectivity index (χ1n) is 4.17. The zero-order valence-electron chi connectivity index (χ0n) is 7.90. The van der Waals surface area contributed by atoms with Crippen LogP contribution in [-0.2, 0) is 4.74 Å². The number of ether oxygens (including phenoxy) is 1. The molecule has 1 aromatic rings. The molecule has 0 aliphatic heterocycles. The molecule has 0 aliphatic carbocycles. The largest absolute Gasteiger partial charge is 0.462 e. The van der Waals surface area contributed by atoms with E-state index < -0.39 is 10.9 Å². The van der Waals surface area contributed by atoms with Crippen molar-refractivity contribution in [3.63, 3.8) is 0 Å². The summed E-state index contributed by atoms with van der Waals surface area (Å²) >= 11 is 1.98. The number of esters is 1. The Morgan fingerprint density at radius 2 is 2.27 bits per heavy atom. The van der Waals surface area contributed by atoms with Crippen molar-refractivity contribution in [2.24, 2.45) is 0 Å². The first-order valence-corrected chi connectivity index (χ1v) is 5.25. The molecule has 6 heteroatoms. The smallest absolute Gasteiger partial charge is 0.345 e. The van der Waals surface area contributed by atoms with Gasteiger partial charge in [-0.3, -0.25) is 10.1 Å². The number of carbonyl (C=O) groups excluding carboxylic acids is 1. The first-order chi connectivity index (χ1) is 7.06. The molecule has 0 saturated heterocycles. The fourth-order valence-electron chi connectivity index (χ4n) is 1.04. The number of benzene rings is 1. The van der Waals surface area contributed by atoms with Gasteiger partial charge in [0.25, 0.3) is 5.69 Å². The van der Waals surface area contributed by atoms with Crippen LogP contribution in [0.1, 0.15) is 17.3 Å². The highest BCUT2D eigenvalue weighted by Crippen LogP contribution is 2.21. The Balaban J connectivity index is 3.18. The molecule has 0 radical (unpaired) electrons. The fraction of sp³-hybridized carbons (Fsp3) is 0.222. The lowest BCUT2D eigenvalue weighted by molar-refractivity contribution is -0.385. The van der Waals surface area contributed by atoms with Gasteiger partial charge in [-0.25, -0.2) is 4.79 Å². The Labute approximate surface area is 99.7 Å². The topological polar surface area (TPSA) is 69.4 Å². The molecule has 80 valence electrons. The molecular weight excluding hydrogens is 313 g/mol. The highest BCUT2D eigenvalue weighted by molar-refractivity contribution is 14.1. The van der Waals surface area contributed by atoms with Crippen LogP contribution in [0.15, 0.2) is 18.2 Å². The highest BCUT2D eigenvalue weighted by Gasteiger charge is 2.21. The van der Waals surface area contributed by atoms with E-state index in [1.807, 2.05) is 22.6 Å². The zero-order chi connectivity index (χ0) is 11.4. The molecule has 0 spiro atoms. The second-order valence-electron chi connectivity index (χ2n) is 2.64. The average Bonchev–Trinajstić information content (AvgIpc) is 2.17. The van der Waals surface area contributed by atoms with Crippen molar-refractivity contribution in [3.8, 4) is 0 Å². The minimum absolute atomic E-state index is 0.00579. The lowest BCUT2D eigenvalue weighted by Gasteiger charge is -2.02. The molecule has 0 aromatic heterocycles. The summed E-state index contributed by atoms with van der Waals surface area (Å²) in [6.45, 7) is 1.85. The maximum atomic E-state index is 11.4. The number of nitrogens with zero attached hydrogens (tertiary/aromatic N) is 1. The molecule has 1 rings (SSSR count). The number of hydrogen-bond acceptors (Lipinski definition) is 4. The van der Waals surface area contributed by atoms with Crippen molar-refractivity contribution >= 4 is 34.2 Å². The van der Waals surface area contributed by atoms with Gasteiger partial charge in [-0.05, 0) is 41.6 Å². The van der Waals surface area contributed by atoms with Crippen molar-refractivity contribution in [1.82, 2.24) is 0 Å². The standard InChI is InChI=1S/C9H8INO4/c1-2-15-9(12)7-5-6(10)3-4-8(7)11(13)14/h3-5H,2H2,1H3. The summed E-state index contributed by atoms with van der Waals surface area (Å²) in [6.07, 6.45) is 0. The van der Waals surface area contributed by atoms with E-state index in [1.54, 1.807) is 13.0 Å². The molecular formula is C9H8INO4. The molecule has 0 unspecified atom stereocenters. The lowest BCUT2D eigenvalue weighted by Crippen LogP contribution is -2.08. The van der Waals surface area contributed by atoms with Gasteiger partial charge in [0.05, 0.1) is 11.5 Å². The third-order valence-electron chi connectivity index (χ3n) is 1.65.